The molecule has 6 nitrogen and oxygen atoms in total. The Hall–Kier alpha value is -2.61. The van der Waals surface area contributed by atoms with E-state index in [2.05, 4.69) is 44.5 Å². The highest BCUT2D eigenvalue weighted by molar-refractivity contribution is 9.10. The molecule has 0 unspecified atom stereocenters. The number of hydrogen-bond donors (Lipinski definition) is 0. The number of carbonyl (C=O) groups excluding carboxylic acids is 1. The maximum absolute atomic E-state index is 13.4. The molecule has 0 saturated carbocycles. The summed E-state index contributed by atoms with van der Waals surface area (Å²) in [6.45, 7) is 8.79. The van der Waals surface area contributed by atoms with E-state index in [1.54, 1.807) is 0 Å². The van der Waals surface area contributed by atoms with Crippen molar-refractivity contribution in [3.63, 3.8) is 0 Å². The molecule has 0 amide bonds. The monoisotopic (exact) mass is 481 g/mol. The van der Waals surface area contributed by atoms with Crippen molar-refractivity contribution in [3.05, 3.63) is 88.4 Å². The second kappa shape index (κ2) is 10.6. The van der Waals surface area contributed by atoms with Crippen molar-refractivity contribution in [3.8, 4) is 5.69 Å². The predicted molar refractivity (Wildman–Crippen MR) is 127 cm³/mol. The summed E-state index contributed by atoms with van der Waals surface area (Å²) >= 11 is 3.53. The first-order valence-electron chi connectivity index (χ1n) is 10.2. The molecule has 1 heterocycles. The topological polar surface area (TPSA) is 54.3 Å². The third kappa shape index (κ3) is 5.55. The van der Waals surface area contributed by atoms with E-state index in [1.807, 2.05) is 78.2 Å². The summed E-state index contributed by atoms with van der Waals surface area (Å²) in [5.74, 6) is 1.55. The molecule has 0 saturated heterocycles. The molecule has 162 valence electrons. The van der Waals surface area contributed by atoms with Crippen molar-refractivity contribution in [2.75, 3.05) is 27.2 Å². The lowest BCUT2D eigenvalue weighted by atomic mass is 10.0. The summed E-state index contributed by atoms with van der Waals surface area (Å²) in [4.78, 5) is 17.7. The lowest BCUT2D eigenvalue weighted by molar-refractivity contribution is 0.103. The number of rotatable bonds is 10. The van der Waals surface area contributed by atoms with Gasteiger partial charge in [-0.2, -0.15) is 0 Å². The highest BCUT2D eigenvalue weighted by atomic mass is 79.9. The van der Waals surface area contributed by atoms with Crippen molar-refractivity contribution >= 4 is 21.7 Å². The number of aromatic nitrogens is 3. The number of hydrogen-bond acceptors (Lipinski definition) is 5. The van der Waals surface area contributed by atoms with Crippen LogP contribution in [-0.2, 0) is 13.1 Å². The van der Waals surface area contributed by atoms with Gasteiger partial charge in [0.05, 0.1) is 18.8 Å². The van der Waals surface area contributed by atoms with Crippen molar-refractivity contribution in [1.29, 1.82) is 0 Å². The van der Waals surface area contributed by atoms with Gasteiger partial charge in [0, 0.05) is 22.1 Å². The molecule has 7 heteroatoms. The average Bonchev–Trinajstić information content (AvgIpc) is 3.14. The van der Waals surface area contributed by atoms with Crippen molar-refractivity contribution in [2.24, 2.45) is 0 Å². The first kappa shape index (κ1) is 23.1. The molecule has 3 rings (SSSR count). The summed E-state index contributed by atoms with van der Waals surface area (Å²) in [5, 5.41) is 8.97. The minimum atomic E-state index is -0.0363. The molecule has 3 aromatic rings. The van der Waals surface area contributed by atoms with E-state index < -0.39 is 0 Å². The maximum atomic E-state index is 13.4. The van der Waals surface area contributed by atoms with Crippen LogP contribution in [0.15, 0.2) is 65.7 Å². The molecule has 2 aromatic carbocycles. The Kier molecular flexibility index (Phi) is 7.90. The van der Waals surface area contributed by atoms with E-state index >= 15 is 0 Å². The van der Waals surface area contributed by atoms with Gasteiger partial charge in [-0.3, -0.25) is 14.3 Å². The van der Waals surface area contributed by atoms with E-state index in [-0.39, 0.29) is 5.78 Å². The lowest BCUT2D eigenvalue weighted by Crippen LogP contribution is -2.25. The van der Waals surface area contributed by atoms with E-state index in [0.717, 1.165) is 34.9 Å². The minimum Gasteiger partial charge on any atom is -0.302 e. The van der Waals surface area contributed by atoms with E-state index in [1.165, 1.54) is 0 Å². The normalized spacial score (nSPS) is 11.3. The van der Waals surface area contributed by atoms with Gasteiger partial charge in [0.15, 0.2) is 17.4 Å². The number of halogens is 1. The van der Waals surface area contributed by atoms with Crippen LogP contribution in [0.5, 0.6) is 0 Å². The van der Waals surface area contributed by atoms with Crippen LogP contribution in [0.2, 0.25) is 0 Å². The Morgan fingerprint density at radius 1 is 1.10 bits per heavy atom. The molecule has 0 spiro atoms. The second-order valence-electron chi connectivity index (χ2n) is 7.58. The van der Waals surface area contributed by atoms with Gasteiger partial charge in [0.1, 0.15) is 0 Å². The number of ketones is 1. The molecular formula is C24H28BrN5O. The highest BCUT2D eigenvalue weighted by Gasteiger charge is 2.22. The summed E-state index contributed by atoms with van der Waals surface area (Å²) in [5.41, 5.74) is 2.03. The van der Waals surface area contributed by atoms with E-state index in [0.29, 0.717) is 24.2 Å². The molecule has 0 fully saturated rings. The number of nitrogens with zero attached hydrogens (tertiary/aromatic N) is 5. The molecule has 0 atom stereocenters. The largest absolute Gasteiger partial charge is 0.302 e. The Bertz CT molecular complexity index is 1050. The zero-order valence-corrected chi connectivity index (χ0v) is 19.8. The van der Waals surface area contributed by atoms with Gasteiger partial charge in [-0.25, -0.2) is 0 Å². The lowest BCUT2D eigenvalue weighted by Gasteiger charge is -2.21. The van der Waals surface area contributed by atoms with E-state index in [4.69, 9.17) is 0 Å². The van der Waals surface area contributed by atoms with Gasteiger partial charge in [-0.05, 0) is 38.8 Å². The van der Waals surface area contributed by atoms with Crippen LogP contribution in [0.1, 0.15) is 34.5 Å². The van der Waals surface area contributed by atoms with Gasteiger partial charge in [-0.15, -0.1) is 16.8 Å². The second-order valence-corrected chi connectivity index (χ2v) is 8.49. The third-order valence-corrected chi connectivity index (χ3v) is 5.43. The standard InChI is InChI=1S/C24H28BrN5O/c1-5-14-29(6-2)17-23-27-26-22(16-28(3)4)30(23)21-13-12-19(25)15-20(21)24(31)18-10-8-7-9-11-18/h5,7-13,15H,1,6,14,16-17H2,2-4H3. The first-order valence-corrected chi connectivity index (χ1v) is 11.0. The molecule has 0 radical (unpaired) electrons. The van der Waals surface area contributed by atoms with Gasteiger partial charge in [0.25, 0.3) is 0 Å². The summed E-state index contributed by atoms with van der Waals surface area (Å²) in [6.07, 6.45) is 1.88. The van der Waals surface area contributed by atoms with Gasteiger partial charge in [-0.1, -0.05) is 59.3 Å². The molecule has 0 bridgehead atoms. The van der Waals surface area contributed by atoms with Crippen LogP contribution in [0.25, 0.3) is 5.69 Å². The fourth-order valence-corrected chi connectivity index (χ4v) is 3.80. The number of benzene rings is 2. The van der Waals surface area contributed by atoms with Gasteiger partial charge in [0.2, 0.25) is 0 Å². The fraction of sp³-hybridized carbons (Fsp3) is 0.292. The predicted octanol–water partition coefficient (Wildman–Crippen LogP) is 4.33. The molecule has 0 aliphatic carbocycles. The Labute approximate surface area is 192 Å². The highest BCUT2D eigenvalue weighted by Crippen LogP contribution is 2.26. The van der Waals surface area contributed by atoms with Crippen LogP contribution in [0.4, 0.5) is 0 Å². The van der Waals surface area contributed by atoms with Crippen molar-refractivity contribution in [1.82, 2.24) is 24.6 Å². The van der Waals surface area contributed by atoms with Crippen LogP contribution in [0, 0.1) is 0 Å². The Morgan fingerprint density at radius 3 is 2.39 bits per heavy atom. The Morgan fingerprint density at radius 2 is 1.77 bits per heavy atom. The molecule has 31 heavy (non-hydrogen) atoms. The summed E-state index contributed by atoms with van der Waals surface area (Å²) < 4.78 is 2.87. The van der Waals surface area contributed by atoms with Crippen molar-refractivity contribution < 1.29 is 4.79 Å². The fourth-order valence-electron chi connectivity index (χ4n) is 3.44. The maximum Gasteiger partial charge on any atom is 0.195 e. The van der Waals surface area contributed by atoms with Crippen LogP contribution >= 0.6 is 15.9 Å². The van der Waals surface area contributed by atoms with Crippen LogP contribution < -0.4 is 0 Å². The van der Waals surface area contributed by atoms with Crippen LogP contribution in [0.3, 0.4) is 0 Å². The minimum absolute atomic E-state index is 0.0363. The SMILES string of the molecule is C=CCN(CC)Cc1nnc(CN(C)C)n1-c1ccc(Br)cc1C(=O)c1ccccc1. The zero-order valence-electron chi connectivity index (χ0n) is 18.3. The number of likely N-dealkylation sites (N-methyl/N-ethyl adjacent to an activating group) is 1. The van der Waals surface area contributed by atoms with Gasteiger partial charge < -0.3 is 4.90 Å². The molecule has 0 aliphatic rings. The average molecular weight is 482 g/mol. The molecule has 0 N–H and O–H groups in total. The van der Waals surface area contributed by atoms with Crippen molar-refractivity contribution in [2.45, 2.75) is 20.0 Å². The Balaban J connectivity index is 2.15. The van der Waals surface area contributed by atoms with Crippen LogP contribution in [-0.4, -0.2) is 57.5 Å². The quantitative estimate of drug-likeness (QED) is 0.318. The third-order valence-electron chi connectivity index (χ3n) is 4.93. The van der Waals surface area contributed by atoms with E-state index in [9.17, 15) is 4.79 Å². The first-order chi connectivity index (χ1) is 14.9. The summed E-state index contributed by atoms with van der Waals surface area (Å²) in [6, 6.07) is 15.1. The summed E-state index contributed by atoms with van der Waals surface area (Å²) in [7, 11) is 3.98. The smallest absolute Gasteiger partial charge is 0.195 e. The molecule has 1 aromatic heterocycles. The number of carbonyl (C=O) groups is 1. The molecular weight excluding hydrogens is 454 g/mol. The zero-order chi connectivity index (χ0) is 22.4. The molecule has 0 aliphatic heterocycles. The van der Waals surface area contributed by atoms with Gasteiger partial charge >= 0.3 is 0 Å².